The Balaban J connectivity index is 2.64. The van der Waals surface area contributed by atoms with Crippen molar-refractivity contribution in [3.63, 3.8) is 0 Å². The van der Waals surface area contributed by atoms with Crippen molar-refractivity contribution in [2.24, 2.45) is 12.1 Å². The van der Waals surface area contributed by atoms with E-state index in [2.05, 4.69) is 5.10 Å². The van der Waals surface area contributed by atoms with E-state index in [4.69, 9.17) is 0 Å². The molecule has 84 valence electrons. The molecule has 1 aromatic carbocycles. The summed E-state index contributed by atoms with van der Waals surface area (Å²) in [6.45, 7) is 0. The van der Waals surface area contributed by atoms with Crippen LogP contribution < -0.4 is 0 Å². The van der Waals surface area contributed by atoms with Crippen molar-refractivity contribution in [3.8, 4) is 5.88 Å². The second kappa shape index (κ2) is 3.89. The Kier molecular flexibility index (Phi) is 2.56. The van der Waals surface area contributed by atoms with Gasteiger partial charge in [-0.3, -0.25) is 0 Å². The molecule has 0 radical (unpaired) electrons. The van der Waals surface area contributed by atoms with E-state index in [1.54, 1.807) is 15.8 Å². The maximum atomic E-state index is 9.99. The Morgan fingerprint density at radius 2 is 2.00 bits per heavy atom. The van der Waals surface area contributed by atoms with Crippen LogP contribution >= 0.6 is 0 Å². The van der Waals surface area contributed by atoms with Crippen LogP contribution in [0.15, 0.2) is 29.4 Å². The molecule has 4 nitrogen and oxygen atoms in total. The number of aromatic nitrogens is 1. The highest BCUT2D eigenvalue weighted by Gasteiger charge is 2.11. The average molecular weight is 217 g/mol. The van der Waals surface area contributed by atoms with E-state index < -0.39 is 0 Å². The number of nitrogens with zero attached hydrogens (tertiary/aromatic N) is 3. The van der Waals surface area contributed by atoms with Crippen molar-refractivity contribution in [1.29, 1.82) is 0 Å². The molecule has 1 aromatic heterocycles. The van der Waals surface area contributed by atoms with Crippen LogP contribution in [0.3, 0.4) is 0 Å². The summed E-state index contributed by atoms with van der Waals surface area (Å²) < 4.78 is 1.76. The van der Waals surface area contributed by atoms with Gasteiger partial charge < -0.3 is 14.7 Å². The minimum Gasteiger partial charge on any atom is -0.494 e. The molecule has 2 aromatic rings. The fourth-order valence-electron chi connectivity index (χ4n) is 1.71. The predicted molar refractivity (Wildman–Crippen MR) is 65.9 cm³/mol. The summed E-state index contributed by atoms with van der Waals surface area (Å²) in [5.41, 5.74) is 1.76. The number of benzene rings is 1. The zero-order chi connectivity index (χ0) is 11.7. The van der Waals surface area contributed by atoms with Crippen molar-refractivity contribution in [3.05, 3.63) is 29.8 Å². The first-order chi connectivity index (χ1) is 7.61. The van der Waals surface area contributed by atoms with Gasteiger partial charge in [0.1, 0.15) is 0 Å². The SMILES string of the molecule is CN(C)/N=C/c1c(O)n(C)c2ccccc12. The molecule has 0 spiro atoms. The summed E-state index contributed by atoms with van der Waals surface area (Å²) in [6.07, 6.45) is 1.68. The lowest BCUT2D eigenvalue weighted by Gasteiger charge is -2.01. The normalized spacial score (nSPS) is 11.4. The first-order valence-electron chi connectivity index (χ1n) is 5.09. The van der Waals surface area contributed by atoms with Gasteiger partial charge in [0.05, 0.1) is 17.3 Å². The number of fused-ring (bicyclic) bond motifs is 1. The number of aryl methyl sites for hydroxylation is 1. The second-order valence-corrected chi connectivity index (χ2v) is 3.91. The highest BCUT2D eigenvalue weighted by molar-refractivity contribution is 6.02. The highest BCUT2D eigenvalue weighted by atomic mass is 16.3. The molecule has 0 bridgehead atoms. The van der Waals surface area contributed by atoms with E-state index >= 15 is 0 Å². The molecule has 0 unspecified atom stereocenters. The lowest BCUT2D eigenvalue weighted by Crippen LogP contribution is -2.01. The van der Waals surface area contributed by atoms with Crippen molar-refractivity contribution in [2.75, 3.05) is 14.1 Å². The number of rotatable bonds is 2. The van der Waals surface area contributed by atoms with Gasteiger partial charge in [-0.15, -0.1) is 0 Å². The predicted octanol–water partition coefficient (Wildman–Crippen LogP) is 1.78. The fourth-order valence-corrected chi connectivity index (χ4v) is 1.71. The fraction of sp³-hybridized carbons (Fsp3) is 0.250. The van der Waals surface area contributed by atoms with Gasteiger partial charge in [0.15, 0.2) is 0 Å². The first kappa shape index (κ1) is 10.5. The van der Waals surface area contributed by atoms with Crippen LogP contribution in [-0.4, -0.2) is 35.0 Å². The minimum absolute atomic E-state index is 0.242. The molecular weight excluding hydrogens is 202 g/mol. The third kappa shape index (κ3) is 1.62. The van der Waals surface area contributed by atoms with Gasteiger partial charge in [-0.1, -0.05) is 18.2 Å². The zero-order valence-corrected chi connectivity index (χ0v) is 9.68. The van der Waals surface area contributed by atoms with Crippen LogP contribution in [0, 0.1) is 0 Å². The van der Waals surface area contributed by atoms with Crippen LogP contribution in [0.1, 0.15) is 5.56 Å². The van der Waals surface area contributed by atoms with Gasteiger partial charge in [0.25, 0.3) is 0 Å². The van der Waals surface area contributed by atoms with Gasteiger partial charge in [-0.2, -0.15) is 5.10 Å². The van der Waals surface area contributed by atoms with Crippen LogP contribution in [-0.2, 0) is 7.05 Å². The van der Waals surface area contributed by atoms with Crippen molar-refractivity contribution in [1.82, 2.24) is 9.58 Å². The van der Waals surface area contributed by atoms with E-state index in [1.807, 2.05) is 45.4 Å². The topological polar surface area (TPSA) is 40.8 Å². The number of hydrogen-bond acceptors (Lipinski definition) is 3. The van der Waals surface area contributed by atoms with Gasteiger partial charge in [-0.25, -0.2) is 0 Å². The first-order valence-corrected chi connectivity index (χ1v) is 5.09. The second-order valence-electron chi connectivity index (χ2n) is 3.91. The molecule has 4 heteroatoms. The van der Waals surface area contributed by atoms with Crippen LogP contribution in [0.4, 0.5) is 0 Å². The summed E-state index contributed by atoms with van der Waals surface area (Å²) in [5.74, 6) is 0.242. The minimum atomic E-state index is 0.242. The van der Waals surface area contributed by atoms with E-state index in [0.717, 1.165) is 16.5 Å². The number of aromatic hydroxyl groups is 1. The van der Waals surface area contributed by atoms with Crippen molar-refractivity contribution in [2.45, 2.75) is 0 Å². The van der Waals surface area contributed by atoms with E-state index in [0.29, 0.717) is 0 Å². The summed E-state index contributed by atoms with van der Waals surface area (Å²) in [7, 11) is 5.53. The summed E-state index contributed by atoms with van der Waals surface area (Å²) in [5, 5.41) is 16.8. The van der Waals surface area contributed by atoms with Gasteiger partial charge >= 0.3 is 0 Å². The Labute approximate surface area is 94.4 Å². The molecule has 0 atom stereocenters. The molecule has 1 N–H and O–H groups in total. The molecule has 0 aliphatic heterocycles. The maximum Gasteiger partial charge on any atom is 0.200 e. The molecule has 0 aliphatic rings. The van der Waals surface area contributed by atoms with E-state index in [1.165, 1.54) is 0 Å². The maximum absolute atomic E-state index is 9.99. The van der Waals surface area contributed by atoms with Crippen LogP contribution in [0.2, 0.25) is 0 Å². The third-order valence-corrected chi connectivity index (χ3v) is 2.53. The number of hydrogen-bond donors (Lipinski definition) is 1. The van der Waals surface area contributed by atoms with Crippen LogP contribution in [0.5, 0.6) is 5.88 Å². The Morgan fingerprint density at radius 3 is 2.69 bits per heavy atom. The summed E-state index contributed by atoms with van der Waals surface area (Å²) >= 11 is 0. The number of hydrazone groups is 1. The smallest absolute Gasteiger partial charge is 0.200 e. The molecule has 0 saturated carbocycles. The van der Waals surface area contributed by atoms with Crippen LogP contribution in [0.25, 0.3) is 10.9 Å². The molecule has 0 aliphatic carbocycles. The molecule has 1 heterocycles. The molecule has 0 saturated heterocycles. The quantitative estimate of drug-likeness (QED) is 0.615. The molecule has 0 fully saturated rings. The zero-order valence-electron chi connectivity index (χ0n) is 9.68. The summed E-state index contributed by atoms with van der Waals surface area (Å²) in [4.78, 5) is 0. The Hall–Kier alpha value is -1.97. The molecule has 2 rings (SSSR count). The van der Waals surface area contributed by atoms with E-state index in [9.17, 15) is 5.11 Å². The average Bonchev–Trinajstić information content (AvgIpc) is 2.50. The molecule has 0 amide bonds. The Morgan fingerprint density at radius 1 is 1.31 bits per heavy atom. The van der Waals surface area contributed by atoms with Gasteiger partial charge in [-0.05, 0) is 6.07 Å². The summed E-state index contributed by atoms with van der Waals surface area (Å²) in [6, 6.07) is 7.86. The Bertz CT molecular complexity index is 540. The van der Waals surface area contributed by atoms with E-state index in [-0.39, 0.29) is 5.88 Å². The number of para-hydroxylation sites is 1. The highest BCUT2D eigenvalue weighted by Crippen LogP contribution is 2.28. The largest absolute Gasteiger partial charge is 0.494 e. The van der Waals surface area contributed by atoms with Gasteiger partial charge in [0, 0.05) is 26.5 Å². The lowest BCUT2D eigenvalue weighted by atomic mass is 10.2. The lowest BCUT2D eigenvalue weighted by molar-refractivity contribution is 0.430. The monoisotopic (exact) mass is 217 g/mol. The molecule has 16 heavy (non-hydrogen) atoms. The van der Waals surface area contributed by atoms with Gasteiger partial charge in [0.2, 0.25) is 5.88 Å². The third-order valence-electron chi connectivity index (χ3n) is 2.53. The van der Waals surface area contributed by atoms with Crippen molar-refractivity contribution >= 4 is 17.1 Å². The molecular formula is C12H15N3O. The standard InChI is InChI=1S/C12H15N3O/c1-14(2)13-8-10-9-6-4-5-7-11(9)15(3)12(10)16/h4-8,16H,1-3H3/b13-8+. The van der Waals surface area contributed by atoms with Crippen molar-refractivity contribution < 1.29 is 5.11 Å².